The molecule has 19 heavy (non-hydrogen) atoms. The molecule has 1 aliphatic heterocycles. The molecule has 0 aromatic heterocycles. The summed E-state index contributed by atoms with van der Waals surface area (Å²) in [4.78, 5) is 2.59. The monoisotopic (exact) mass is 258 g/mol. The Balaban J connectivity index is 1.43. The molecular weight excluding hydrogens is 232 g/mol. The van der Waals surface area contributed by atoms with Gasteiger partial charge in [-0.15, -0.1) is 0 Å². The molecule has 1 aliphatic carbocycles. The summed E-state index contributed by atoms with van der Waals surface area (Å²) < 4.78 is 0. The third-order valence-electron chi connectivity index (χ3n) is 4.87. The number of nitrogens with one attached hydrogen (secondary N) is 1. The summed E-state index contributed by atoms with van der Waals surface area (Å²) >= 11 is 0. The van der Waals surface area contributed by atoms with Crippen LogP contribution in [-0.4, -0.2) is 36.6 Å². The summed E-state index contributed by atoms with van der Waals surface area (Å²) in [5, 5.41) is 3.80. The second kappa shape index (κ2) is 5.64. The molecule has 1 aromatic carbocycles. The van der Waals surface area contributed by atoms with Gasteiger partial charge in [-0.05, 0) is 57.3 Å². The molecule has 0 bridgehead atoms. The highest BCUT2D eigenvalue weighted by Gasteiger charge is 2.27. The Hall–Kier alpha value is -0.860. The van der Waals surface area contributed by atoms with Crippen molar-refractivity contribution in [3.05, 3.63) is 35.4 Å². The van der Waals surface area contributed by atoms with E-state index in [2.05, 4.69) is 48.3 Å². The molecule has 2 nitrogen and oxygen atoms in total. The van der Waals surface area contributed by atoms with Crippen LogP contribution in [0, 0.1) is 0 Å². The summed E-state index contributed by atoms with van der Waals surface area (Å²) in [6.07, 6.45) is 3.90. The third-order valence-corrected chi connectivity index (χ3v) is 4.87. The van der Waals surface area contributed by atoms with E-state index in [0.717, 1.165) is 12.0 Å². The lowest BCUT2D eigenvalue weighted by molar-refractivity contribution is 0.160. The topological polar surface area (TPSA) is 15.3 Å². The van der Waals surface area contributed by atoms with E-state index in [1.165, 1.54) is 38.9 Å². The van der Waals surface area contributed by atoms with Crippen molar-refractivity contribution in [2.45, 2.75) is 51.1 Å². The minimum Gasteiger partial charge on any atom is -0.313 e. The molecule has 1 aromatic rings. The van der Waals surface area contributed by atoms with Crippen LogP contribution in [0.4, 0.5) is 0 Å². The number of piperidine rings is 1. The van der Waals surface area contributed by atoms with Crippen molar-refractivity contribution >= 4 is 0 Å². The average Bonchev–Trinajstić information content (AvgIpc) is 2.40. The van der Waals surface area contributed by atoms with Gasteiger partial charge in [0.25, 0.3) is 0 Å². The number of benzene rings is 1. The molecular formula is C17H26N2. The van der Waals surface area contributed by atoms with Crippen LogP contribution in [0.5, 0.6) is 0 Å². The summed E-state index contributed by atoms with van der Waals surface area (Å²) in [7, 11) is 0. The Morgan fingerprint density at radius 3 is 2.63 bits per heavy atom. The quantitative estimate of drug-likeness (QED) is 0.893. The number of fused-ring (bicyclic) bond motifs is 1. The van der Waals surface area contributed by atoms with Crippen molar-refractivity contribution < 1.29 is 0 Å². The van der Waals surface area contributed by atoms with Crippen LogP contribution in [0.25, 0.3) is 0 Å². The highest BCUT2D eigenvalue weighted by Crippen LogP contribution is 2.34. The van der Waals surface area contributed by atoms with Crippen molar-refractivity contribution in [1.29, 1.82) is 0 Å². The average molecular weight is 258 g/mol. The number of hydrogen-bond acceptors (Lipinski definition) is 2. The van der Waals surface area contributed by atoms with Crippen molar-refractivity contribution in [3.63, 3.8) is 0 Å². The predicted molar refractivity (Wildman–Crippen MR) is 80.6 cm³/mol. The molecule has 1 saturated heterocycles. The van der Waals surface area contributed by atoms with Crippen molar-refractivity contribution in [2.24, 2.45) is 0 Å². The zero-order valence-corrected chi connectivity index (χ0v) is 12.2. The number of likely N-dealkylation sites (tertiary alicyclic amines) is 1. The third kappa shape index (κ3) is 2.85. The molecule has 3 rings (SSSR count). The van der Waals surface area contributed by atoms with E-state index in [9.17, 15) is 0 Å². The molecule has 1 fully saturated rings. The van der Waals surface area contributed by atoms with Gasteiger partial charge >= 0.3 is 0 Å². The lowest BCUT2D eigenvalue weighted by Gasteiger charge is -2.37. The van der Waals surface area contributed by atoms with E-state index < -0.39 is 0 Å². The van der Waals surface area contributed by atoms with Gasteiger partial charge in [0, 0.05) is 24.5 Å². The zero-order chi connectivity index (χ0) is 13.2. The maximum Gasteiger partial charge on any atom is 0.00916 e. The summed E-state index contributed by atoms with van der Waals surface area (Å²) in [5.74, 6) is 0.763. The molecule has 2 aliphatic rings. The van der Waals surface area contributed by atoms with Gasteiger partial charge < -0.3 is 10.2 Å². The van der Waals surface area contributed by atoms with E-state index in [4.69, 9.17) is 0 Å². The molecule has 0 spiro atoms. The minimum absolute atomic E-state index is 0.708. The molecule has 2 heteroatoms. The van der Waals surface area contributed by atoms with Crippen LogP contribution in [0.3, 0.4) is 0 Å². The largest absolute Gasteiger partial charge is 0.313 e. The van der Waals surface area contributed by atoms with E-state index in [0.29, 0.717) is 6.04 Å². The molecule has 0 saturated carbocycles. The molecule has 104 valence electrons. The van der Waals surface area contributed by atoms with Gasteiger partial charge in [0.15, 0.2) is 0 Å². The van der Waals surface area contributed by atoms with E-state index >= 15 is 0 Å². The van der Waals surface area contributed by atoms with Crippen LogP contribution in [0.1, 0.15) is 43.7 Å². The first-order valence-corrected chi connectivity index (χ1v) is 7.79. The van der Waals surface area contributed by atoms with Gasteiger partial charge in [0.05, 0.1) is 0 Å². The van der Waals surface area contributed by atoms with Crippen LogP contribution in [0.2, 0.25) is 0 Å². The first kappa shape index (κ1) is 13.1. The maximum absolute atomic E-state index is 3.80. The van der Waals surface area contributed by atoms with Gasteiger partial charge in [0.2, 0.25) is 0 Å². The molecule has 1 atom stereocenters. The van der Waals surface area contributed by atoms with Gasteiger partial charge in [-0.1, -0.05) is 24.3 Å². The lowest BCUT2D eigenvalue weighted by Crippen LogP contribution is -2.46. The fourth-order valence-electron chi connectivity index (χ4n) is 3.47. The Morgan fingerprint density at radius 1 is 1.21 bits per heavy atom. The fourth-order valence-corrected chi connectivity index (χ4v) is 3.47. The van der Waals surface area contributed by atoms with Gasteiger partial charge in [0.1, 0.15) is 0 Å². The van der Waals surface area contributed by atoms with Gasteiger partial charge in [-0.3, -0.25) is 0 Å². The summed E-state index contributed by atoms with van der Waals surface area (Å²) in [5.41, 5.74) is 3.14. The van der Waals surface area contributed by atoms with Crippen molar-refractivity contribution in [1.82, 2.24) is 10.2 Å². The minimum atomic E-state index is 0.708. The van der Waals surface area contributed by atoms with Gasteiger partial charge in [-0.25, -0.2) is 0 Å². The van der Waals surface area contributed by atoms with Crippen molar-refractivity contribution in [3.8, 4) is 0 Å². The molecule has 1 N–H and O–H groups in total. The zero-order valence-electron chi connectivity index (χ0n) is 12.2. The molecule has 0 amide bonds. The van der Waals surface area contributed by atoms with Crippen molar-refractivity contribution in [2.75, 3.05) is 19.6 Å². The van der Waals surface area contributed by atoms with Crippen LogP contribution < -0.4 is 5.32 Å². The van der Waals surface area contributed by atoms with E-state index in [1.54, 1.807) is 11.1 Å². The number of rotatable bonds is 4. The summed E-state index contributed by atoms with van der Waals surface area (Å²) in [6, 6.07) is 10.3. The van der Waals surface area contributed by atoms with Crippen LogP contribution in [0.15, 0.2) is 24.3 Å². The molecule has 0 radical (unpaired) electrons. The Morgan fingerprint density at radius 2 is 1.95 bits per heavy atom. The number of hydrogen-bond donors (Lipinski definition) is 1. The normalized spacial score (nSPS) is 24.3. The second-order valence-electron chi connectivity index (χ2n) is 6.41. The molecule has 1 unspecified atom stereocenters. The maximum atomic E-state index is 3.80. The highest BCUT2D eigenvalue weighted by atomic mass is 15.2. The smallest absolute Gasteiger partial charge is 0.00916 e. The second-order valence-corrected chi connectivity index (χ2v) is 6.41. The van der Waals surface area contributed by atoms with E-state index in [1.807, 2.05) is 0 Å². The Kier molecular flexibility index (Phi) is 3.90. The van der Waals surface area contributed by atoms with Crippen LogP contribution in [-0.2, 0) is 6.42 Å². The standard InChI is InChI=1S/C17H26N2/c1-13(2)19-9-7-16(8-10-19)18-12-15-11-14-5-3-4-6-17(14)15/h3-6,13,15-16,18H,7-12H2,1-2H3. The fraction of sp³-hybridized carbons (Fsp3) is 0.647. The Labute approximate surface area is 117 Å². The lowest BCUT2D eigenvalue weighted by atomic mass is 9.77. The van der Waals surface area contributed by atoms with E-state index in [-0.39, 0.29) is 0 Å². The number of nitrogens with zero attached hydrogens (tertiary/aromatic N) is 1. The first-order valence-electron chi connectivity index (χ1n) is 7.79. The van der Waals surface area contributed by atoms with Crippen LogP contribution >= 0.6 is 0 Å². The predicted octanol–water partition coefficient (Wildman–Crippen LogP) is 2.79. The first-order chi connectivity index (χ1) is 9.24. The summed E-state index contributed by atoms with van der Waals surface area (Å²) in [6.45, 7) is 8.30. The van der Waals surface area contributed by atoms with Gasteiger partial charge in [-0.2, -0.15) is 0 Å². The Bertz CT molecular complexity index is 419. The highest BCUT2D eigenvalue weighted by molar-refractivity contribution is 5.40. The molecule has 1 heterocycles. The SMILES string of the molecule is CC(C)N1CCC(NCC2Cc3ccccc32)CC1.